The Labute approximate surface area is 180 Å². The number of anilines is 1. The summed E-state index contributed by atoms with van der Waals surface area (Å²) in [5.74, 6) is -2.26. The third kappa shape index (κ3) is 6.84. The van der Waals surface area contributed by atoms with Crippen LogP contribution in [-0.2, 0) is 19.6 Å². The van der Waals surface area contributed by atoms with E-state index in [4.69, 9.17) is 16.3 Å². The molecule has 0 saturated carbocycles. The predicted molar refractivity (Wildman–Crippen MR) is 104 cm³/mol. The largest absolute Gasteiger partial charge is 0.573 e. The molecule has 0 spiro atoms. The summed E-state index contributed by atoms with van der Waals surface area (Å²) >= 11 is 5.92. The summed E-state index contributed by atoms with van der Waals surface area (Å²) in [5.41, 5.74) is -0.00675. The van der Waals surface area contributed by atoms with Crippen LogP contribution in [0.2, 0.25) is 5.02 Å². The SMILES string of the molecule is CN(C)S(=O)(=O)c1cc(NC(=O)COC(=O)c2ccc(OC(F)(F)F)cc2)ccc1Cl. The molecule has 0 radical (unpaired) electrons. The minimum Gasteiger partial charge on any atom is -0.452 e. The van der Waals surface area contributed by atoms with E-state index in [1.807, 2.05) is 0 Å². The van der Waals surface area contributed by atoms with Crippen LogP contribution in [0, 0.1) is 0 Å². The molecule has 2 aromatic rings. The molecule has 13 heteroatoms. The highest BCUT2D eigenvalue weighted by molar-refractivity contribution is 7.89. The van der Waals surface area contributed by atoms with Gasteiger partial charge >= 0.3 is 12.3 Å². The third-order valence-corrected chi connectivity index (χ3v) is 5.93. The Morgan fingerprint density at radius 2 is 1.71 bits per heavy atom. The van der Waals surface area contributed by atoms with Gasteiger partial charge in [-0.1, -0.05) is 11.6 Å². The Bertz CT molecular complexity index is 1070. The van der Waals surface area contributed by atoms with E-state index in [0.29, 0.717) is 0 Å². The molecule has 168 valence electrons. The zero-order valence-corrected chi connectivity index (χ0v) is 17.6. The van der Waals surface area contributed by atoms with Gasteiger partial charge in [-0.05, 0) is 42.5 Å². The van der Waals surface area contributed by atoms with Crippen molar-refractivity contribution in [3.8, 4) is 5.75 Å². The maximum absolute atomic E-state index is 12.3. The molecule has 8 nitrogen and oxygen atoms in total. The van der Waals surface area contributed by atoms with Gasteiger partial charge in [0.2, 0.25) is 10.0 Å². The van der Waals surface area contributed by atoms with Crippen LogP contribution in [0.5, 0.6) is 5.75 Å². The first kappa shape index (κ1) is 24.4. The number of rotatable bonds is 7. The number of sulfonamides is 1. The normalized spacial score (nSPS) is 11.8. The lowest BCUT2D eigenvalue weighted by Gasteiger charge is -2.14. The highest BCUT2D eigenvalue weighted by Gasteiger charge is 2.31. The molecule has 31 heavy (non-hydrogen) atoms. The van der Waals surface area contributed by atoms with E-state index < -0.39 is 40.6 Å². The average molecular weight is 481 g/mol. The number of amides is 1. The van der Waals surface area contributed by atoms with E-state index in [9.17, 15) is 31.2 Å². The minimum absolute atomic E-state index is 0.0453. The van der Waals surface area contributed by atoms with Crippen molar-refractivity contribution in [2.45, 2.75) is 11.3 Å². The Hall–Kier alpha value is -2.83. The number of halogens is 4. The van der Waals surface area contributed by atoms with Gasteiger partial charge in [0.05, 0.1) is 10.6 Å². The number of ether oxygens (including phenoxy) is 2. The molecule has 0 aliphatic heterocycles. The first-order valence-electron chi connectivity index (χ1n) is 8.34. The zero-order chi connectivity index (χ0) is 23.4. The number of alkyl halides is 3. The minimum atomic E-state index is -4.87. The number of carbonyl (C=O) groups excluding carboxylic acids is 2. The van der Waals surface area contributed by atoms with Gasteiger partial charge in [-0.15, -0.1) is 13.2 Å². The third-order valence-electron chi connectivity index (χ3n) is 3.63. The van der Waals surface area contributed by atoms with Gasteiger partial charge in [0.25, 0.3) is 5.91 Å². The summed E-state index contributed by atoms with van der Waals surface area (Å²) < 4.78 is 70.4. The Morgan fingerprint density at radius 1 is 1.10 bits per heavy atom. The van der Waals surface area contributed by atoms with E-state index in [2.05, 4.69) is 10.1 Å². The van der Waals surface area contributed by atoms with Gasteiger partial charge in [-0.3, -0.25) is 4.79 Å². The summed E-state index contributed by atoms with van der Waals surface area (Å²) in [7, 11) is -1.22. The first-order valence-corrected chi connectivity index (χ1v) is 10.2. The van der Waals surface area contributed by atoms with Crippen LogP contribution in [0.4, 0.5) is 18.9 Å². The summed E-state index contributed by atoms with van der Waals surface area (Å²) in [6.07, 6.45) is -4.87. The van der Waals surface area contributed by atoms with Gasteiger partial charge in [0.15, 0.2) is 6.61 Å². The van der Waals surface area contributed by atoms with E-state index in [-0.39, 0.29) is 21.2 Å². The summed E-state index contributed by atoms with van der Waals surface area (Å²) in [5, 5.41) is 2.31. The molecule has 0 bridgehead atoms. The smallest absolute Gasteiger partial charge is 0.452 e. The number of benzene rings is 2. The average Bonchev–Trinajstić information content (AvgIpc) is 2.66. The van der Waals surface area contributed by atoms with E-state index in [1.54, 1.807) is 0 Å². The van der Waals surface area contributed by atoms with Crippen molar-refractivity contribution in [1.29, 1.82) is 0 Å². The van der Waals surface area contributed by atoms with E-state index in [0.717, 1.165) is 34.6 Å². The molecule has 0 saturated heterocycles. The van der Waals surface area contributed by atoms with Crippen LogP contribution in [0.25, 0.3) is 0 Å². The van der Waals surface area contributed by atoms with Gasteiger partial charge in [0.1, 0.15) is 10.6 Å². The second-order valence-electron chi connectivity index (χ2n) is 6.13. The Balaban J connectivity index is 1.99. The summed E-state index contributed by atoms with van der Waals surface area (Å²) in [6.45, 7) is -0.724. The fourth-order valence-corrected chi connectivity index (χ4v) is 3.57. The molecule has 1 amide bonds. The highest BCUT2D eigenvalue weighted by atomic mass is 35.5. The van der Waals surface area contributed by atoms with Crippen LogP contribution >= 0.6 is 11.6 Å². The topological polar surface area (TPSA) is 102 Å². The molecule has 0 heterocycles. The maximum Gasteiger partial charge on any atom is 0.573 e. The lowest BCUT2D eigenvalue weighted by atomic mass is 10.2. The second-order valence-corrected chi connectivity index (χ2v) is 8.66. The monoisotopic (exact) mass is 480 g/mol. The molecule has 1 N–H and O–H groups in total. The first-order chi connectivity index (χ1) is 14.3. The maximum atomic E-state index is 12.3. The molecule has 0 atom stereocenters. The number of hydrogen-bond donors (Lipinski definition) is 1. The highest BCUT2D eigenvalue weighted by Crippen LogP contribution is 2.27. The molecular weight excluding hydrogens is 465 g/mol. The van der Waals surface area contributed by atoms with Crippen molar-refractivity contribution < 1.29 is 40.7 Å². The quantitative estimate of drug-likeness (QED) is 0.610. The number of hydrogen-bond acceptors (Lipinski definition) is 6. The summed E-state index contributed by atoms with van der Waals surface area (Å²) in [4.78, 5) is 23.7. The second kappa shape index (κ2) is 9.54. The standard InChI is InChI=1S/C18H16ClF3N2O6S/c1-24(2)31(27,28)15-9-12(5-8-14(15)19)23-16(25)10-29-17(26)11-3-6-13(7-4-11)30-18(20,21)22/h3-9H,10H2,1-2H3,(H,23,25). The summed E-state index contributed by atoms with van der Waals surface area (Å²) in [6, 6.07) is 7.71. The van der Waals surface area contributed by atoms with Crippen molar-refractivity contribution >= 4 is 39.2 Å². The van der Waals surface area contributed by atoms with Crippen LogP contribution in [0.3, 0.4) is 0 Å². The fourth-order valence-electron chi connectivity index (χ4n) is 2.18. The number of carbonyl (C=O) groups is 2. The molecule has 2 rings (SSSR count). The van der Waals surface area contributed by atoms with E-state index >= 15 is 0 Å². The zero-order valence-electron chi connectivity index (χ0n) is 16.1. The number of nitrogens with zero attached hydrogens (tertiary/aromatic N) is 1. The van der Waals surface area contributed by atoms with Crippen molar-refractivity contribution in [3.63, 3.8) is 0 Å². The van der Waals surface area contributed by atoms with Crippen molar-refractivity contribution in [2.75, 3.05) is 26.0 Å². The van der Waals surface area contributed by atoms with Gasteiger partial charge in [-0.25, -0.2) is 17.5 Å². The van der Waals surface area contributed by atoms with Crippen molar-refractivity contribution in [3.05, 3.63) is 53.1 Å². The van der Waals surface area contributed by atoms with Gasteiger partial charge in [0, 0.05) is 19.8 Å². The van der Waals surface area contributed by atoms with Crippen LogP contribution < -0.4 is 10.1 Å². The molecule has 0 aliphatic rings. The predicted octanol–water partition coefficient (Wildman–Crippen LogP) is 3.28. The lowest BCUT2D eigenvalue weighted by Crippen LogP contribution is -2.23. The van der Waals surface area contributed by atoms with Crippen LogP contribution in [0.15, 0.2) is 47.4 Å². The van der Waals surface area contributed by atoms with Crippen LogP contribution in [-0.4, -0.2) is 51.7 Å². The molecule has 0 aliphatic carbocycles. The van der Waals surface area contributed by atoms with Crippen molar-refractivity contribution in [1.82, 2.24) is 4.31 Å². The molecule has 0 unspecified atom stereocenters. The van der Waals surface area contributed by atoms with Crippen molar-refractivity contribution in [2.24, 2.45) is 0 Å². The van der Waals surface area contributed by atoms with E-state index in [1.165, 1.54) is 26.2 Å². The molecule has 2 aromatic carbocycles. The fraction of sp³-hybridized carbons (Fsp3) is 0.222. The van der Waals surface area contributed by atoms with Crippen LogP contribution in [0.1, 0.15) is 10.4 Å². The molecular formula is C18H16ClF3N2O6S. The van der Waals surface area contributed by atoms with Gasteiger partial charge in [-0.2, -0.15) is 0 Å². The Morgan fingerprint density at radius 3 is 2.26 bits per heavy atom. The van der Waals surface area contributed by atoms with Gasteiger partial charge < -0.3 is 14.8 Å². The molecule has 0 aromatic heterocycles. The number of nitrogens with one attached hydrogen (secondary N) is 1. The number of esters is 1. The Kier molecular flexibility index (Phi) is 7.52. The molecule has 0 fully saturated rings. The lowest BCUT2D eigenvalue weighted by molar-refractivity contribution is -0.274.